The number of rotatable bonds is 6. The summed E-state index contributed by atoms with van der Waals surface area (Å²) >= 11 is 1.30. The third-order valence-corrected chi connectivity index (χ3v) is 7.47. The van der Waals surface area contributed by atoms with E-state index in [2.05, 4.69) is 24.1 Å². The number of anilines is 1. The molecule has 1 saturated heterocycles. The van der Waals surface area contributed by atoms with Gasteiger partial charge in [0.25, 0.3) is 11.8 Å². The van der Waals surface area contributed by atoms with Crippen LogP contribution in [-0.2, 0) is 4.79 Å². The number of nitrogens with zero attached hydrogens (tertiary/aromatic N) is 2. The van der Waals surface area contributed by atoms with E-state index >= 15 is 0 Å². The number of nitrogens with one attached hydrogen (secondary N) is 1. The van der Waals surface area contributed by atoms with Crippen molar-refractivity contribution in [2.75, 3.05) is 38.1 Å². The summed E-state index contributed by atoms with van der Waals surface area (Å²) in [6, 6.07) is 11.8. The second kappa shape index (κ2) is 10.7. The maximum absolute atomic E-state index is 14.0. The Labute approximate surface area is 205 Å². The van der Waals surface area contributed by atoms with E-state index in [-0.39, 0.29) is 17.6 Å². The molecule has 5 nitrogen and oxygen atoms in total. The Bertz CT molecular complexity index is 1090. The molecule has 0 spiro atoms. The number of hydrogen-bond acceptors (Lipinski definition) is 4. The van der Waals surface area contributed by atoms with Crippen molar-refractivity contribution in [2.24, 2.45) is 11.8 Å². The summed E-state index contributed by atoms with van der Waals surface area (Å²) < 4.78 is 14.0. The lowest BCUT2D eigenvalue weighted by molar-refractivity contribution is -0.114. The van der Waals surface area contributed by atoms with Gasteiger partial charge in [-0.2, -0.15) is 0 Å². The van der Waals surface area contributed by atoms with Gasteiger partial charge in [-0.15, -0.1) is 0 Å². The molecule has 0 saturated carbocycles. The number of carbonyl (C=O) groups excluding carboxylic acids is 2. The van der Waals surface area contributed by atoms with Gasteiger partial charge in [-0.3, -0.25) is 9.59 Å². The molecule has 0 unspecified atom stereocenters. The summed E-state index contributed by atoms with van der Waals surface area (Å²) in [4.78, 5) is 30.9. The molecule has 0 radical (unpaired) electrons. The number of likely N-dealkylation sites (tertiary alicyclic amines) is 1. The first kappa shape index (κ1) is 24.5. The van der Waals surface area contributed by atoms with Gasteiger partial charge in [0.1, 0.15) is 5.82 Å². The predicted octanol–water partition coefficient (Wildman–Crippen LogP) is 5.03. The molecule has 2 heterocycles. The lowest BCUT2D eigenvalue weighted by atomic mass is 9.92. The summed E-state index contributed by atoms with van der Waals surface area (Å²) in [5, 5.41) is 3.01. The maximum Gasteiger partial charge on any atom is 0.264 e. The summed E-state index contributed by atoms with van der Waals surface area (Å²) in [6.07, 6.45) is 3.78. The summed E-state index contributed by atoms with van der Waals surface area (Å²) in [7, 11) is 1.68. The number of halogens is 1. The van der Waals surface area contributed by atoms with Crippen LogP contribution in [0.2, 0.25) is 0 Å². The second-order valence-electron chi connectivity index (χ2n) is 9.49. The number of likely N-dealkylation sites (N-methyl/N-ethyl adjacent to an activating group) is 1. The molecule has 0 bridgehead atoms. The predicted molar refractivity (Wildman–Crippen MR) is 136 cm³/mol. The van der Waals surface area contributed by atoms with Gasteiger partial charge in [0, 0.05) is 42.7 Å². The summed E-state index contributed by atoms with van der Waals surface area (Å²) in [5.74, 6) is 0.736. The Morgan fingerprint density at radius 1 is 1.18 bits per heavy atom. The zero-order valence-electron chi connectivity index (χ0n) is 20.0. The molecule has 0 aliphatic carbocycles. The van der Waals surface area contributed by atoms with E-state index in [9.17, 15) is 14.0 Å². The van der Waals surface area contributed by atoms with Crippen LogP contribution in [0.1, 0.15) is 42.6 Å². The highest BCUT2D eigenvalue weighted by atomic mass is 32.2. The number of benzene rings is 2. The lowest BCUT2D eigenvalue weighted by Gasteiger charge is -2.34. The third-order valence-electron chi connectivity index (χ3n) is 6.39. The van der Waals surface area contributed by atoms with Crippen LogP contribution in [0, 0.1) is 17.7 Å². The van der Waals surface area contributed by atoms with Crippen molar-refractivity contribution in [1.29, 1.82) is 0 Å². The van der Waals surface area contributed by atoms with Crippen molar-refractivity contribution in [3.8, 4) is 0 Å². The highest BCUT2D eigenvalue weighted by Gasteiger charge is 2.27. The first-order chi connectivity index (χ1) is 16.3. The second-order valence-corrected chi connectivity index (χ2v) is 10.6. The van der Waals surface area contributed by atoms with Crippen LogP contribution in [-0.4, -0.2) is 49.9 Å². The van der Waals surface area contributed by atoms with E-state index in [1.165, 1.54) is 29.1 Å². The highest BCUT2D eigenvalue weighted by molar-refractivity contribution is 8.04. The fourth-order valence-electron chi connectivity index (χ4n) is 4.85. The van der Waals surface area contributed by atoms with Crippen LogP contribution in [0.15, 0.2) is 52.3 Å². The first-order valence-corrected chi connectivity index (χ1v) is 12.7. The molecule has 2 aliphatic rings. The van der Waals surface area contributed by atoms with Crippen molar-refractivity contribution in [3.05, 3.63) is 64.3 Å². The van der Waals surface area contributed by atoms with Crippen LogP contribution < -0.4 is 10.2 Å². The van der Waals surface area contributed by atoms with Crippen LogP contribution in [0.4, 0.5) is 10.1 Å². The van der Waals surface area contributed by atoms with Crippen LogP contribution in [0.25, 0.3) is 6.08 Å². The van der Waals surface area contributed by atoms with Gasteiger partial charge in [0.05, 0.1) is 10.6 Å². The Morgan fingerprint density at radius 3 is 2.65 bits per heavy atom. The zero-order chi connectivity index (χ0) is 24.2. The molecule has 2 aromatic rings. The van der Waals surface area contributed by atoms with E-state index in [4.69, 9.17) is 0 Å². The Morgan fingerprint density at radius 2 is 1.91 bits per heavy atom. The minimum atomic E-state index is -0.367. The van der Waals surface area contributed by atoms with Crippen molar-refractivity contribution < 1.29 is 14.0 Å². The number of carbonyl (C=O) groups is 2. The molecule has 4 rings (SSSR count). The van der Waals surface area contributed by atoms with E-state index < -0.39 is 0 Å². The van der Waals surface area contributed by atoms with E-state index in [0.717, 1.165) is 42.8 Å². The minimum Gasteiger partial charge on any atom is -0.352 e. The van der Waals surface area contributed by atoms with Crippen LogP contribution >= 0.6 is 11.8 Å². The molecule has 1 N–H and O–H groups in total. The average Bonchev–Trinajstić information content (AvgIpc) is 2.80. The molecule has 2 aromatic carbocycles. The third kappa shape index (κ3) is 5.70. The fraction of sp³-hybridized carbons (Fsp3) is 0.407. The van der Waals surface area contributed by atoms with Gasteiger partial charge >= 0.3 is 0 Å². The number of piperidine rings is 1. The van der Waals surface area contributed by atoms with Crippen molar-refractivity contribution in [2.45, 2.75) is 31.6 Å². The topological polar surface area (TPSA) is 52.7 Å². The molecule has 0 aromatic heterocycles. The molecule has 2 amide bonds. The minimum absolute atomic E-state index is 0.137. The van der Waals surface area contributed by atoms with Gasteiger partial charge < -0.3 is 15.1 Å². The Kier molecular flexibility index (Phi) is 7.73. The number of fused-ring (bicyclic) bond motifs is 1. The average molecular weight is 482 g/mol. The van der Waals surface area contributed by atoms with Gasteiger partial charge in [0.15, 0.2) is 0 Å². The monoisotopic (exact) mass is 481 g/mol. The Balaban J connectivity index is 1.37. The SMILES string of the molecule is C[C@@H]1C[C@@H](C)CN(CCCNC(=O)c2ccc3c(c2)N(C)C(=O)/C(=C/c2ccccc2F)S3)C1. The van der Waals surface area contributed by atoms with E-state index in [1.54, 1.807) is 43.5 Å². The molecule has 34 heavy (non-hydrogen) atoms. The molecule has 1 fully saturated rings. The van der Waals surface area contributed by atoms with Gasteiger partial charge in [0.2, 0.25) is 0 Å². The largest absolute Gasteiger partial charge is 0.352 e. The smallest absolute Gasteiger partial charge is 0.264 e. The number of hydrogen-bond donors (Lipinski definition) is 1. The van der Waals surface area contributed by atoms with Crippen molar-refractivity contribution in [3.63, 3.8) is 0 Å². The molecule has 2 aliphatic heterocycles. The quantitative estimate of drug-likeness (QED) is 0.464. The normalized spacial score (nSPS) is 22.1. The molecule has 2 atom stereocenters. The Hall–Kier alpha value is -2.64. The summed E-state index contributed by atoms with van der Waals surface area (Å²) in [6.45, 7) is 8.49. The van der Waals surface area contributed by atoms with Crippen molar-refractivity contribution in [1.82, 2.24) is 10.2 Å². The molecular weight excluding hydrogens is 449 g/mol. The van der Waals surface area contributed by atoms with Crippen LogP contribution in [0.5, 0.6) is 0 Å². The van der Waals surface area contributed by atoms with Gasteiger partial charge in [-0.05, 0) is 61.6 Å². The maximum atomic E-state index is 14.0. The van der Waals surface area contributed by atoms with Gasteiger partial charge in [-0.25, -0.2) is 4.39 Å². The van der Waals surface area contributed by atoms with Crippen LogP contribution in [0.3, 0.4) is 0 Å². The first-order valence-electron chi connectivity index (χ1n) is 11.9. The standard InChI is InChI=1S/C27H32FN3O2S/c1-18-13-19(2)17-31(16-18)12-6-11-29-26(32)21-9-10-24-23(14-21)30(3)27(33)25(34-24)15-20-7-4-5-8-22(20)28/h4-5,7-10,14-15,18-19H,6,11-13,16-17H2,1-3H3,(H,29,32)/b25-15-/t18-,19-/m1/s1. The van der Waals surface area contributed by atoms with Crippen molar-refractivity contribution >= 4 is 35.3 Å². The number of thioether (sulfide) groups is 1. The molecule has 180 valence electrons. The lowest BCUT2D eigenvalue weighted by Crippen LogP contribution is -2.40. The summed E-state index contributed by atoms with van der Waals surface area (Å²) in [5.41, 5.74) is 1.59. The fourth-order valence-corrected chi connectivity index (χ4v) is 5.93. The number of amides is 2. The van der Waals surface area contributed by atoms with E-state index in [1.807, 2.05) is 6.07 Å². The highest BCUT2D eigenvalue weighted by Crippen LogP contribution is 2.42. The molecular formula is C27H32FN3O2S. The zero-order valence-corrected chi connectivity index (χ0v) is 20.8. The van der Waals surface area contributed by atoms with E-state index in [0.29, 0.717) is 28.3 Å². The van der Waals surface area contributed by atoms with Gasteiger partial charge in [-0.1, -0.05) is 43.8 Å². The molecule has 7 heteroatoms.